The monoisotopic (exact) mass is 231 g/mol. The number of nitrogens with zero attached hydrogens (tertiary/aromatic N) is 2. The van der Waals surface area contributed by atoms with E-state index in [9.17, 15) is 0 Å². The Labute approximate surface area is 95.5 Å². The van der Waals surface area contributed by atoms with E-state index in [1.165, 1.54) is 0 Å². The largest absolute Gasteiger partial charge is 0.296 e. The first-order valence-corrected chi connectivity index (χ1v) is 5.28. The van der Waals surface area contributed by atoms with E-state index in [1.807, 2.05) is 34.7 Å². The molecule has 1 rings (SSSR count). The normalized spacial score (nSPS) is 12.1. The third-order valence-electron chi connectivity index (χ3n) is 1.90. The fourth-order valence-electron chi connectivity index (χ4n) is 1.20. The average molecular weight is 232 g/mol. The van der Waals surface area contributed by atoms with Crippen molar-refractivity contribution in [2.24, 2.45) is 7.05 Å². The van der Waals surface area contributed by atoms with E-state index in [1.54, 1.807) is 4.68 Å². The van der Waals surface area contributed by atoms with E-state index in [4.69, 9.17) is 16.4 Å². The fraction of sp³-hybridized carbons (Fsp3) is 0.700. The van der Waals surface area contributed by atoms with Crippen LogP contribution in [0.15, 0.2) is 0 Å². The molecule has 0 atom stereocenters. The Balaban J connectivity index is 2.58. The van der Waals surface area contributed by atoms with Gasteiger partial charge in [0.05, 0.1) is 17.8 Å². The third kappa shape index (κ3) is 3.48. The first-order valence-electron chi connectivity index (χ1n) is 4.90. The number of halogens is 1. The Morgan fingerprint density at radius 2 is 2.07 bits per heavy atom. The van der Waals surface area contributed by atoms with Crippen molar-refractivity contribution >= 4 is 11.6 Å². The molecule has 5 heteroatoms. The van der Waals surface area contributed by atoms with Crippen LogP contribution < -0.4 is 5.48 Å². The van der Waals surface area contributed by atoms with E-state index in [-0.39, 0.29) is 5.60 Å². The van der Waals surface area contributed by atoms with Crippen LogP contribution in [0.2, 0.25) is 5.15 Å². The van der Waals surface area contributed by atoms with Gasteiger partial charge in [0.1, 0.15) is 5.15 Å². The molecule has 0 aliphatic heterocycles. The van der Waals surface area contributed by atoms with Crippen LogP contribution in [0.3, 0.4) is 0 Å². The predicted molar refractivity (Wildman–Crippen MR) is 60.6 cm³/mol. The number of hydrogen-bond donors (Lipinski definition) is 1. The number of hydrogen-bond acceptors (Lipinski definition) is 3. The molecule has 0 aromatic carbocycles. The van der Waals surface area contributed by atoms with Gasteiger partial charge in [-0.1, -0.05) is 11.6 Å². The molecule has 1 heterocycles. The Morgan fingerprint density at radius 3 is 2.47 bits per heavy atom. The lowest BCUT2D eigenvalue weighted by atomic mass is 10.2. The lowest BCUT2D eigenvalue weighted by Crippen LogP contribution is -2.28. The Hall–Kier alpha value is -0.580. The Kier molecular flexibility index (Phi) is 3.76. The van der Waals surface area contributed by atoms with Crippen LogP contribution in [0.1, 0.15) is 32.0 Å². The summed E-state index contributed by atoms with van der Waals surface area (Å²) in [5, 5.41) is 4.87. The van der Waals surface area contributed by atoms with Crippen molar-refractivity contribution in [1.29, 1.82) is 0 Å². The molecular weight excluding hydrogens is 214 g/mol. The van der Waals surface area contributed by atoms with Crippen LogP contribution in [0.25, 0.3) is 0 Å². The van der Waals surface area contributed by atoms with E-state index < -0.39 is 0 Å². The molecule has 0 unspecified atom stereocenters. The maximum atomic E-state index is 6.07. The minimum Gasteiger partial charge on any atom is -0.296 e. The molecule has 0 bridgehead atoms. The van der Waals surface area contributed by atoms with E-state index >= 15 is 0 Å². The van der Waals surface area contributed by atoms with Crippen LogP contribution in [-0.4, -0.2) is 15.4 Å². The maximum absolute atomic E-state index is 6.07. The second-order valence-electron chi connectivity index (χ2n) is 4.51. The molecule has 1 aromatic heterocycles. The zero-order valence-corrected chi connectivity index (χ0v) is 10.6. The standard InChI is InChI=1S/C10H18ClN3O/c1-7-8(9(11)14(5)13-7)6-12-15-10(2,3)4/h12H,6H2,1-5H3. The fourth-order valence-corrected chi connectivity index (χ4v) is 1.44. The number of aromatic nitrogens is 2. The van der Waals surface area contributed by atoms with Gasteiger partial charge in [-0.2, -0.15) is 10.6 Å². The number of hydroxylamine groups is 1. The summed E-state index contributed by atoms with van der Waals surface area (Å²) in [5.74, 6) is 0. The smallest absolute Gasteiger partial charge is 0.131 e. The van der Waals surface area contributed by atoms with Gasteiger partial charge in [-0.15, -0.1) is 0 Å². The van der Waals surface area contributed by atoms with Crippen LogP contribution in [0.5, 0.6) is 0 Å². The van der Waals surface area contributed by atoms with Gasteiger partial charge >= 0.3 is 0 Å². The number of rotatable bonds is 3. The van der Waals surface area contributed by atoms with Crippen molar-refractivity contribution in [2.75, 3.05) is 0 Å². The second-order valence-corrected chi connectivity index (χ2v) is 4.87. The molecule has 15 heavy (non-hydrogen) atoms. The quantitative estimate of drug-likeness (QED) is 0.811. The van der Waals surface area contributed by atoms with Crippen molar-refractivity contribution in [3.63, 3.8) is 0 Å². The molecule has 4 nitrogen and oxygen atoms in total. The summed E-state index contributed by atoms with van der Waals surface area (Å²) >= 11 is 6.07. The highest BCUT2D eigenvalue weighted by Crippen LogP contribution is 2.18. The van der Waals surface area contributed by atoms with Crippen molar-refractivity contribution in [1.82, 2.24) is 15.3 Å². The molecule has 0 aliphatic carbocycles. The lowest BCUT2D eigenvalue weighted by Gasteiger charge is -2.19. The van der Waals surface area contributed by atoms with Gasteiger partial charge in [0.2, 0.25) is 0 Å². The minimum atomic E-state index is -0.206. The molecular formula is C10H18ClN3O. The van der Waals surface area contributed by atoms with Crippen LogP contribution in [0, 0.1) is 6.92 Å². The average Bonchev–Trinajstić information content (AvgIpc) is 2.29. The van der Waals surface area contributed by atoms with Gasteiger partial charge in [-0.25, -0.2) is 0 Å². The third-order valence-corrected chi connectivity index (χ3v) is 2.37. The number of aryl methyl sites for hydroxylation is 2. The Morgan fingerprint density at radius 1 is 1.47 bits per heavy atom. The van der Waals surface area contributed by atoms with Gasteiger partial charge in [0.15, 0.2) is 0 Å². The first kappa shape index (κ1) is 12.5. The molecule has 0 radical (unpaired) electrons. The predicted octanol–water partition coefficient (Wildman–Crippen LogP) is 2.20. The van der Waals surface area contributed by atoms with E-state index in [0.717, 1.165) is 11.3 Å². The van der Waals surface area contributed by atoms with Gasteiger partial charge in [0.25, 0.3) is 0 Å². The Bertz CT molecular complexity index is 341. The highest BCUT2D eigenvalue weighted by Gasteiger charge is 2.13. The highest BCUT2D eigenvalue weighted by molar-refractivity contribution is 6.30. The summed E-state index contributed by atoms with van der Waals surface area (Å²) in [5.41, 5.74) is 4.59. The SMILES string of the molecule is Cc1nn(C)c(Cl)c1CNOC(C)(C)C. The molecule has 0 fully saturated rings. The van der Waals surface area contributed by atoms with Gasteiger partial charge in [-0.3, -0.25) is 9.52 Å². The number of nitrogens with one attached hydrogen (secondary N) is 1. The van der Waals surface area contributed by atoms with Crippen LogP contribution in [0.4, 0.5) is 0 Å². The molecule has 0 aliphatic rings. The molecule has 0 saturated heterocycles. The van der Waals surface area contributed by atoms with E-state index in [0.29, 0.717) is 11.7 Å². The van der Waals surface area contributed by atoms with Gasteiger partial charge in [0, 0.05) is 12.6 Å². The molecule has 0 spiro atoms. The summed E-state index contributed by atoms with van der Waals surface area (Å²) in [6.45, 7) is 8.45. The zero-order chi connectivity index (χ0) is 11.6. The molecule has 1 aromatic rings. The molecule has 0 saturated carbocycles. The second kappa shape index (κ2) is 4.51. The van der Waals surface area contributed by atoms with Crippen LogP contribution in [-0.2, 0) is 18.4 Å². The summed E-state index contributed by atoms with van der Waals surface area (Å²) in [6, 6.07) is 0. The van der Waals surface area contributed by atoms with Crippen molar-refractivity contribution in [2.45, 2.75) is 39.8 Å². The topological polar surface area (TPSA) is 39.1 Å². The van der Waals surface area contributed by atoms with Gasteiger partial charge in [-0.05, 0) is 27.7 Å². The van der Waals surface area contributed by atoms with Crippen molar-refractivity contribution in [3.8, 4) is 0 Å². The zero-order valence-electron chi connectivity index (χ0n) is 9.89. The lowest BCUT2D eigenvalue weighted by molar-refractivity contribution is -0.0758. The molecule has 86 valence electrons. The summed E-state index contributed by atoms with van der Waals surface area (Å²) in [6.07, 6.45) is 0. The first-order chi connectivity index (χ1) is 6.81. The van der Waals surface area contributed by atoms with Crippen LogP contribution >= 0.6 is 11.6 Å². The molecule has 0 amide bonds. The summed E-state index contributed by atoms with van der Waals surface area (Å²) in [4.78, 5) is 5.41. The molecule has 1 N–H and O–H groups in total. The van der Waals surface area contributed by atoms with Gasteiger partial charge < -0.3 is 0 Å². The summed E-state index contributed by atoms with van der Waals surface area (Å²) in [7, 11) is 1.82. The van der Waals surface area contributed by atoms with E-state index in [2.05, 4.69) is 10.6 Å². The maximum Gasteiger partial charge on any atom is 0.131 e. The highest BCUT2D eigenvalue weighted by atomic mass is 35.5. The minimum absolute atomic E-state index is 0.206. The summed E-state index contributed by atoms with van der Waals surface area (Å²) < 4.78 is 1.66. The van der Waals surface area contributed by atoms with Crippen molar-refractivity contribution < 1.29 is 4.84 Å². The van der Waals surface area contributed by atoms with Crippen molar-refractivity contribution in [3.05, 3.63) is 16.4 Å².